The van der Waals surface area contributed by atoms with Gasteiger partial charge < -0.3 is 4.74 Å². The van der Waals surface area contributed by atoms with Crippen molar-refractivity contribution in [3.8, 4) is 0 Å². The summed E-state index contributed by atoms with van der Waals surface area (Å²) in [5, 5.41) is 3.20. The Bertz CT molecular complexity index is 821. The van der Waals surface area contributed by atoms with Gasteiger partial charge in [-0.3, -0.25) is 4.79 Å². The zero-order valence-corrected chi connectivity index (χ0v) is 16.1. The van der Waals surface area contributed by atoms with Gasteiger partial charge in [0.1, 0.15) is 6.61 Å². The lowest BCUT2D eigenvalue weighted by Gasteiger charge is -2.07. The van der Waals surface area contributed by atoms with E-state index < -0.39 is 16.0 Å². The van der Waals surface area contributed by atoms with Gasteiger partial charge >= 0.3 is 5.97 Å². The second-order valence-corrected chi connectivity index (χ2v) is 8.39. The van der Waals surface area contributed by atoms with E-state index >= 15 is 0 Å². The summed E-state index contributed by atoms with van der Waals surface area (Å²) in [4.78, 5) is 16.1. The number of esters is 1. The molecule has 0 saturated heterocycles. The summed E-state index contributed by atoms with van der Waals surface area (Å²) in [6, 6.07) is 5.91. The van der Waals surface area contributed by atoms with Crippen molar-refractivity contribution in [1.29, 1.82) is 0 Å². The third-order valence-electron chi connectivity index (χ3n) is 3.17. The van der Waals surface area contributed by atoms with E-state index in [1.165, 1.54) is 12.1 Å². The third kappa shape index (κ3) is 6.39. The van der Waals surface area contributed by atoms with Crippen LogP contribution < -0.4 is 4.72 Å². The number of nitrogens with zero attached hydrogens (tertiary/aromatic N) is 1. The topological polar surface area (TPSA) is 85.4 Å². The summed E-state index contributed by atoms with van der Waals surface area (Å²) in [5.74, 6) is -0.487. The van der Waals surface area contributed by atoms with Gasteiger partial charge in [-0.15, -0.1) is 11.3 Å². The maximum atomic E-state index is 12.1. The van der Waals surface area contributed by atoms with E-state index in [-0.39, 0.29) is 24.5 Å². The predicted octanol–water partition coefficient (Wildman–Crippen LogP) is 3.16. The van der Waals surface area contributed by atoms with Crippen LogP contribution in [0.15, 0.2) is 34.5 Å². The Hall–Kier alpha value is -1.48. The highest BCUT2D eigenvalue weighted by Crippen LogP contribution is 2.15. The van der Waals surface area contributed by atoms with Crippen LogP contribution in [0.5, 0.6) is 0 Å². The van der Waals surface area contributed by atoms with Crippen LogP contribution in [-0.4, -0.2) is 25.9 Å². The molecule has 1 N–H and O–H groups in total. The molecule has 1 heterocycles. The number of ether oxygens (including phenoxy) is 1. The standard InChI is InChI=1S/C16H19ClN2O4S2/c1-2-4-15-19-13(11-24-15)10-23-16(20)7-8-18-25(21,22)14-6-3-5-12(17)9-14/h3,5-6,9,11,18H,2,4,7-8,10H2,1H3. The van der Waals surface area contributed by atoms with Gasteiger partial charge in [-0.2, -0.15) is 0 Å². The molecular formula is C16H19ClN2O4S2. The van der Waals surface area contributed by atoms with Crippen molar-refractivity contribution in [2.75, 3.05) is 6.54 Å². The van der Waals surface area contributed by atoms with Gasteiger partial charge in [-0.05, 0) is 31.0 Å². The average molecular weight is 403 g/mol. The van der Waals surface area contributed by atoms with Crippen molar-refractivity contribution in [3.63, 3.8) is 0 Å². The molecule has 0 aliphatic rings. The van der Waals surface area contributed by atoms with Crippen LogP contribution in [0.1, 0.15) is 30.5 Å². The number of rotatable bonds is 9. The molecule has 6 nitrogen and oxygen atoms in total. The van der Waals surface area contributed by atoms with Gasteiger partial charge in [0.25, 0.3) is 0 Å². The summed E-state index contributed by atoms with van der Waals surface area (Å²) in [6.45, 7) is 2.12. The number of hydrogen-bond donors (Lipinski definition) is 1. The van der Waals surface area contributed by atoms with Gasteiger partial charge in [0.15, 0.2) is 0 Å². The molecule has 0 aliphatic carbocycles. The summed E-state index contributed by atoms with van der Waals surface area (Å²) in [6.07, 6.45) is 1.86. The van der Waals surface area contributed by atoms with E-state index in [1.807, 2.05) is 5.38 Å². The zero-order valence-electron chi connectivity index (χ0n) is 13.7. The molecule has 2 rings (SSSR count). The number of halogens is 1. The van der Waals surface area contributed by atoms with Crippen molar-refractivity contribution < 1.29 is 17.9 Å². The fourth-order valence-corrected chi connectivity index (χ4v) is 4.19. The number of carbonyl (C=O) groups is 1. The average Bonchev–Trinajstić information content (AvgIpc) is 3.01. The molecular weight excluding hydrogens is 384 g/mol. The summed E-state index contributed by atoms with van der Waals surface area (Å²) in [7, 11) is -3.70. The summed E-state index contributed by atoms with van der Waals surface area (Å²) < 4.78 is 31.6. The normalized spacial score (nSPS) is 11.4. The maximum absolute atomic E-state index is 12.1. The fourth-order valence-electron chi connectivity index (χ4n) is 1.98. The van der Waals surface area contributed by atoms with Gasteiger partial charge in [0, 0.05) is 16.9 Å². The first-order chi connectivity index (χ1) is 11.9. The molecule has 1 aromatic heterocycles. The van der Waals surface area contributed by atoms with Crippen LogP contribution >= 0.6 is 22.9 Å². The lowest BCUT2D eigenvalue weighted by atomic mass is 10.3. The maximum Gasteiger partial charge on any atom is 0.307 e. The van der Waals surface area contributed by atoms with Crippen LogP contribution in [-0.2, 0) is 32.6 Å². The lowest BCUT2D eigenvalue weighted by Crippen LogP contribution is -2.26. The number of aromatic nitrogens is 1. The van der Waals surface area contributed by atoms with Crippen LogP contribution in [0, 0.1) is 0 Å². The number of sulfonamides is 1. The van der Waals surface area contributed by atoms with E-state index in [2.05, 4.69) is 16.6 Å². The lowest BCUT2D eigenvalue weighted by molar-refractivity contribution is -0.144. The first kappa shape index (κ1) is 19.8. The van der Waals surface area contributed by atoms with Crippen molar-refractivity contribution in [1.82, 2.24) is 9.71 Å². The number of benzene rings is 1. The number of nitrogens with one attached hydrogen (secondary N) is 1. The van der Waals surface area contributed by atoms with Crippen LogP contribution in [0.25, 0.3) is 0 Å². The van der Waals surface area contributed by atoms with E-state index in [4.69, 9.17) is 16.3 Å². The predicted molar refractivity (Wildman–Crippen MR) is 97.2 cm³/mol. The molecule has 1 aromatic carbocycles. The minimum absolute atomic E-state index is 0.0498. The van der Waals surface area contributed by atoms with E-state index in [0.29, 0.717) is 10.7 Å². The molecule has 25 heavy (non-hydrogen) atoms. The zero-order chi connectivity index (χ0) is 18.3. The van der Waals surface area contributed by atoms with Crippen molar-refractivity contribution in [3.05, 3.63) is 45.4 Å². The molecule has 0 spiro atoms. The molecule has 2 aromatic rings. The van der Waals surface area contributed by atoms with Crippen LogP contribution in [0.2, 0.25) is 5.02 Å². The van der Waals surface area contributed by atoms with Gasteiger partial charge in [-0.1, -0.05) is 24.6 Å². The molecule has 9 heteroatoms. The van der Waals surface area contributed by atoms with Crippen LogP contribution in [0.4, 0.5) is 0 Å². The van der Waals surface area contributed by atoms with Gasteiger partial charge in [0.05, 0.1) is 22.0 Å². The molecule has 0 radical (unpaired) electrons. The number of aryl methyl sites for hydroxylation is 1. The highest BCUT2D eigenvalue weighted by Gasteiger charge is 2.15. The second kappa shape index (κ2) is 9.28. The quantitative estimate of drug-likeness (QED) is 0.651. The Morgan fingerprint density at radius 3 is 2.92 bits per heavy atom. The molecule has 0 atom stereocenters. The Labute approximate surface area is 156 Å². The molecule has 0 bridgehead atoms. The Morgan fingerprint density at radius 2 is 2.20 bits per heavy atom. The molecule has 0 saturated carbocycles. The first-order valence-electron chi connectivity index (χ1n) is 7.75. The number of carbonyl (C=O) groups excluding carboxylic acids is 1. The first-order valence-corrected chi connectivity index (χ1v) is 10.5. The monoisotopic (exact) mass is 402 g/mol. The minimum atomic E-state index is -3.70. The highest BCUT2D eigenvalue weighted by molar-refractivity contribution is 7.89. The third-order valence-corrected chi connectivity index (χ3v) is 5.82. The molecule has 0 aliphatic heterocycles. The minimum Gasteiger partial charge on any atom is -0.459 e. The second-order valence-electron chi connectivity index (χ2n) is 5.25. The Kier molecular flexibility index (Phi) is 7.37. The largest absolute Gasteiger partial charge is 0.459 e. The van der Waals surface area contributed by atoms with E-state index in [0.717, 1.165) is 17.8 Å². The van der Waals surface area contributed by atoms with E-state index in [1.54, 1.807) is 23.5 Å². The molecule has 136 valence electrons. The van der Waals surface area contributed by atoms with Crippen molar-refractivity contribution in [2.24, 2.45) is 0 Å². The number of thiazole rings is 1. The number of hydrogen-bond acceptors (Lipinski definition) is 6. The van der Waals surface area contributed by atoms with Crippen molar-refractivity contribution in [2.45, 2.75) is 37.7 Å². The summed E-state index contributed by atoms with van der Waals surface area (Å²) >= 11 is 7.33. The smallest absolute Gasteiger partial charge is 0.307 e. The van der Waals surface area contributed by atoms with Crippen molar-refractivity contribution >= 4 is 38.9 Å². The molecule has 0 amide bonds. The van der Waals surface area contributed by atoms with Gasteiger partial charge in [-0.25, -0.2) is 18.1 Å². The Balaban J connectivity index is 1.76. The van der Waals surface area contributed by atoms with E-state index in [9.17, 15) is 13.2 Å². The highest BCUT2D eigenvalue weighted by atomic mass is 35.5. The SMILES string of the molecule is CCCc1nc(COC(=O)CCNS(=O)(=O)c2cccc(Cl)c2)cs1. The molecule has 0 unspecified atom stereocenters. The molecule has 0 fully saturated rings. The fraction of sp³-hybridized carbons (Fsp3) is 0.375. The van der Waals surface area contributed by atoms with Crippen LogP contribution in [0.3, 0.4) is 0 Å². The Morgan fingerprint density at radius 1 is 1.40 bits per heavy atom. The van der Waals surface area contributed by atoms with Gasteiger partial charge in [0.2, 0.25) is 10.0 Å². The summed E-state index contributed by atoms with van der Waals surface area (Å²) in [5.41, 5.74) is 0.710.